The number of methoxy groups -OCH3 is 1. The number of rotatable bonds is 13. The zero-order valence-corrected chi connectivity index (χ0v) is 21.7. The van der Waals surface area contributed by atoms with Crippen LogP contribution in [0.15, 0.2) is 84.9 Å². The summed E-state index contributed by atoms with van der Waals surface area (Å²) in [6.07, 6.45) is 2.74. The van der Waals surface area contributed by atoms with Crippen molar-refractivity contribution in [2.24, 2.45) is 0 Å². The second kappa shape index (κ2) is 14.1. The number of unbranched alkanes of at least 4 members (excludes halogenated alkanes) is 1. The Morgan fingerprint density at radius 1 is 0.861 bits per heavy atom. The van der Waals surface area contributed by atoms with E-state index < -0.39 is 6.04 Å². The third kappa shape index (κ3) is 7.45. The monoisotopic (exact) mass is 486 g/mol. The number of ether oxygens (including phenoxy) is 1. The maximum atomic E-state index is 14.0. The zero-order chi connectivity index (χ0) is 25.8. The number of nitrogens with one attached hydrogen (secondary N) is 1. The topological polar surface area (TPSA) is 58.6 Å². The van der Waals surface area contributed by atoms with Crippen LogP contribution in [0.5, 0.6) is 5.75 Å². The van der Waals surface area contributed by atoms with Gasteiger partial charge in [-0.05, 0) is 41.7 Å². The highest BCUT2D eigenvalue weighted by Gasteiger charge is 2.30. The van der Waals surface area contributed by atoms with Gasteiger partial charge in [-0.15, -0.1) is 0 Å². The SMILES string of the molecule is CCCCNC(=O)[C@@H](CC)N(Cc1ccc(OC)cc1)C(=O)CC(c1ccccc1)c1ccccc1. The normalized spacial score (nSPS) is 11.7. The highest BCUT2D eigenvalue weighted by molar-refractivity contribution is 5.88. The second-order valence-corrected chi connectivity index (χ2v) is 9.02. The summed E-state index contributed by atoms with van der Waals surface area (Å²) in [4.78, 5) is 28.9. The van der Waals surface area contributed by atoms with Gasteiger partial charge < -0.3 is 15.0 Å². The van der Waals surface area contributed by atoms with Gasteiger partial charge in [-0.3, -0.25) is 9.59 Å². The van der Waals surface area contributed by atoms with Crippen LogP contribution in [0.3, 0.4) is 0 Å². The summed E-state index contributed by atoms with van der Waals surface area (Å²) >= 11 is 0. The highest BCUT2D eigenvalue weighted by Crippen LogP contribution is 2.29. The molecule has 0 aliphatic rings. The standard InChI is InChI=1S/C31H38N2O3/c1-4-6-21-32-31(35)29(5-2)33(23-24-17-19-27(36-3)20-18-24)30(34)22-28(25-13-9-7-10-14-25)26-15-11-8-12-16-26/h7-20,28-29H,4-6,21-23H2,1-3H3,(H,32,35)/t29-/m1/s1. The number of benzene rings is 3. The van der Waals surface area contributed by atoms with E-state index in [-0.39, 0.29) is 24.2 Å². The Morgan fingerprint density at radius 3 is 1.94 bits per heavy atom. The molecule has 36 heavy (non-hydrogen) atoms. The van der Waals surface area contributed by atoms with Crippen molar-refractivity contribution >= 4 is 11.8 Å². The quantitative estimate of drug-likeness (QED) is 0.304. The van der Waals surface area contributed by atoms with Crippen molar-refractivity contribution in [3.05, 3.63) is 102 Å². The predicted octanol–water partition coefficient (Wildman–Crippen LogP) is 5.94. The fraction of sp³-hybridized carbons (Fsp3) is 0.355. The lowest BCUT2D eigenvalue weighted by Crippen LogP contribution is -2.49. The van der Waals surface area contributed by atoms with Gasteiger partial charge in [0.05, 0.1) is 7.11 Å². The van der Waals surface area contributed by atoms with E-state index in [1.54, 1.807) is 12.0 Å². The van der Waals surface area contributed by atoms with Gasteiger partial charge in [0.1, 0.15) is 11.8 Å². The van der Waals surface area contributed by atoms with Crippen LogP contribution in [-0.2, 0) is 16.1 Å². The highest BCUT2D eigenvalue weighted by atomic mass is 16.5. The summed E-state index contributed by atoms with van der Waals surface area (Å²) < 4.78 is 5.29. The number of carbonyl (C=O) groups is 2. The van der Waals surface area contributed by atoms with Crippen molar-refractivity contribution in [2.75, 3.05) is 13.7 Å². The van der Waals surface area contributed by atoms with Crippen molar-refractivity contribution in [2.45, 2.75) is 58.0 Å². The number of amides is 2. The number of nitrogens with zero attached hydrogens (tertiary/aromatic N) is 1. The van der Waals surface area contributed by atoms with E-state index in [1.165, 1.54) is 0 Å². The molecule has 0 aliphatic heterocycles. The van der Waals surface area contributed by atoms with E-state index >= 15 is 0 Å². The lowest BCUT2D eigenvalue weighted by Gasteiger charge is -2.32. The summed E-state index contributed by atoms with van der Waals surface area (Å²) in [6, 6.07) is 27.4. The fourth-order valence-corrected chi connectivity index (χ4v) is 4.44. The number of hydrogen-bond acceptors (Lipinski definition) is 3. The third-order valence-corrected chi connectivity index (χ3v) is 6.51. The minimum atomic E-state index is -0.538. The molecule has 5 heteroatoms. The maximum absolute atomic E-state index is 14.0. The molecule has 190 valence electrons. The Hall–Kier alpha value is -3.60. The third-order valence-electron chi connectivity index (χ3n) is 6.51. The summed E-state index contributed by atoms with van der Waals surface area (Å²) in [5, 5.41) is 3.04. The molecule has 0 saturated heterocycles. The predicted molar refractivity (Wildman–Crippen MR) is 145 cm³/mol. The minimum Gasteiger partial charge on any atom is -0.497 e. The van der Waals surface area contributed by atoms with Gasteiger partial charge in [-0.25, -0.2) is 0 Å². The Balaban J connectivity index is 1.91. The molecule has 0 aromatic heterocycles. The molecule has 0 radical (unpaired) electrons. The first-order valence-corrected chi connectivity index (χ1v) is 12.9. The van der Waals surface area contributed by atoms with Gasteiger partial charge in [0.25, 0.3) is 0 Å². The Kier molecular flexibility index (Phi) is 10.6. The van der Waals surface area contributed by atoms with Crippen LogP contribution in [0.4, 0.5) is 0 Å². The first-order chi connectivity index (χ1) is 17.6. The maximum Gasteiger partial charge on any atom is 0.242 e. The summed E-state index contributed by atoms with van der Waals surface area (Å²) in [5.74, 6) is 0.526. The van der Waals surface area contributed by atoms with Crippen LogP contribution >= 0.6 is 0 Å². The first-order valence-electron chi connectivity index (χ1n) is 12.9. The molecule has 0 bridgehead atoms. The molecule has 3 rings (SSSR count). The fourth-order valence-electron chi connectivity index (χ4n) is 4.44. The zero-order valence-electron chi connectivity index (χ0n) is 21.7. The molecule has 5 nitrogen and oxygen atoms in total. The van der Waals surface area contributed by atoms with Crippen LogP contribution in [-0.4, -0.2) is 36.4 Å². The van der Waals surface area contributed by atoms with E-state index in [4.69, 9.17) is 4.74 Å². The van der Waals surface area contributed by atoms with Crippen molar-refractivity contribution < 1.29 is 14.3 Å². The van der Waals surface area contributed by atoms with Crippen LogP contribution in [0.1, 0.15) is 62.1 Å². The summed E-state index contributed by atoms with van der Waals surface area (Å²) in [5.41, 5.74) is 3.13. The average molecular weight is 487 g/mol. The molecule has 1 N–H and O–H groups in total. The molecule has 0 unspecified atom stereocenters. The van der Waals surface area contributed by atoms with E-state index in [1.807, 2.05) is 67.6 Å². The average Bonchev–Trinajstić information content (AvgIpc) is 2.93. The molecule has 3 aromatic carbocycles. The van der Waals surface area contributed by atoms with E-state index in [2.05, 4.69) is 36.5 Å². The molecule has 0 aliphatic carbocycles. The molecule has 2 amide bonds. The largest absolute Gasteiger partial charge is 0.497 e. The lowest BCUT2D eigenvalue weighted by atomic mass is 9.88. The van der Waals surface area contributed by atoms with Gasteiger partial charge in [-0.1, -0.05) is 93.1 Å². The van der Waals surface area contributed by atoms with E-state index in [0.717, 1.165) is 35.3 Å². The molecular weight excluding hydrogens is 448 g/mol. The van der Waals surface area contributed by atoms with Crippen molar-refractivity contribution in [3.8, 4) is 5.75 Å². The van der Waals surface area contributed by atoms with Crippen LogP contribution < -0.4 is 10.1 Å². The van der Waals surface area contributed by atoms with Gasteiger partial charge in [-0.2, -0.15) is 0 Å². The summed E-state index contributed by atoms with van der Waals surface area (Å²) in [6.45, 7) is 5.03. The molecule has 0 fully saturated rings. The molecule has 0 heterocycles. The van der Waals surface area contributed by atoms with Crippen molar-refractivity contribution in [3.63, 3.8) is 0 Å². The Morgan fingerprint density at radius 2 is 1.44 bits per heavy atom. The summed E-state index contributed by atoms with van der Waals surface area (Å²) in [7, 11) is 1.63. The first kappa shape index (κ1) is 27.0. The van der Waals surface area contributed by atoms with Crippen LogP contribution in [0.25, 0.3) is 0 Å². The number of hydrogen-bond donors (Lipinski definition) is 1. The minimum absolute atomic E-state index is 0.0407. The van der Waals surface area contributed by atoms with Crippen LogP contribution in [0.2, 0.25) is 0 Å². The van der Waals surface area contributed by atoms with E-state index in [9.17, 15) is 9.59 Å². The van der Waals surface area contributed by atoms with Gasteiger partial charge in [0.2, 0.25) is 11.8 Å². The van der Waals surface area contributed by atoms with Crippen LogP contribution in [0, 0.1) is 0 Å². The van der Waals surface area contributed by atoms with Crippen molar-refractivity contribution in [1.82, 2.24) is 10.2 Å². The molecule has 1 atom stereocenters. The van der Waals surface area contributed by atoms with Gasteiger partial charge in [0.15, 0.2) is 0 Å². The van der Waals surface area contributed by atoms with Gasteiger partial charge >= 0.3 is 0 Å². The Bertz CT molecular complexity index is 1030. The molecule has 3 aromatic rings. The smallest absolute Gasteiger partial charge is 0.242 e. The Labute approximate surface area is 215 Å². The lowest BCUT2D eigenvalue weighted by molar-refractivity contribution is -0.141. The number of carbonyl (C=O) groups excluding carboxylic acids is 2. The van der Waals surface area contributed by atoms with Gasteiger partial charge in [0, 0.05) is 25.4 Å². The molecular formula is C31H38N2O3. The molecule has 0 saturated carbocycles. The second-order valence-electron chi connectivity index (χ2n) is 9.02. The van der Waals surface area contributed by atoms with Crippen molar-refractivity contribution in [1.29, 1.82) is 0 Å². The molecule has 0 spiro atoms. The van der Waals surface area contributed by atoms with E-state index in [0.29, 0.717) is 19.5 Å².